The number of rotatable bonds is 9. The van der Waals surface area contributed by atoms with Gasteiger partial charge in [0.25, 0.3) is 0 Å². The smallest absolute Gasteiger partial charge is 0.322 e. The van der Waals surface area contributed by atoms with Gasteiger partial charge in [0.1, 0.15) is 0 Å². The zero-order valence-electron chi connectivity index (χ0n) is 29.2. The van der Waals surface area contributed by atoms with E-state index in [4.69, 9.17) is 16.3 Å². The Bertz CT molecular complexity index is 1540. The molecule has 10 nitrogen and oxygen atoms in total. The molecule has 1 atom stereocenters. The van der Waals surface area contributed by atoms with Gasteiger partial charge in [-0.3, -0.25) is 19.3 Å². The van der Waals surface area contributed by atoms with E-state index >= 15 is 0 Å². The number of para-hydroxylation sites is 1. The molecule has 1 N–H and O–H groups in total. The summed E-state index contributed by atoms with van der Waals surface area (Å²) in [6, 6.07) is 11.8. The molecule has 4 amide bonds. The summed E-state index contributed by atoms with van der Waals surface area (Å²) in [5, 5.41) is 3.66. The minimum absolute atomic E-state index is 0.00593. The number of hydrogen-bond donors (Lipinski definition) is 1. The summed E-state index contributed by atoms with van der Waals surface area (Å²) in [5.41, 5.74) is 3.87. The van der Waals surface area contributed by atoms with Gasteiger partial charge in [-0.2, -0.15) is 0 Å². The predicted molar refractivity (Wildman–Crippen MR) is 197 cm³/mol. The van der Waals surface area contributed by atoms with Crippen molar-refractivity contribution in [1.82, 2.24) is 19.6 Å². The Hall–Kier alpha value is -3.15. The Kier molecular flexibility index (Phi) is 12.1. The van der Waals surface area contributed by atoms with Crippen LogP contribution in [0.5, 0.6) is 0 Å². The number of aryl methyl sites for hydroxylation is 1. The lowest BCUT2D eigenvalue weighted by Crippen LogP contribution is -2.51. The third-order valence-corrected chi connectivity index (χ3v) is 12.7. The molecule has 4 aliphatic rings. The van der Waals surface area contributed by atoms with Crippen LogP contribution in [-0.2, 0) is 32.1 Å². The summed E-state index contributed by atoms with van der Waals surface area (Å²) >= 11 is 10.0. The summed E-state index contributed by atoms with van der Waals surface area (Å²) in [5.74, 6) is 0.537. The van der Waals surface area contributed by atoms with Gasteiger partial charge in [0.05, 0.1) is 24.6 Å². The number of benzene rings is 2. The number of halogens is 2. The van der Waals surface area contributed by atoms with Crippen LogP contribution < -0.4 is 5.32 Å². The van der Waals surface area contributed by atoms with E-state index in [0.717, 1.165) is 65.6 Å². The molecule has 1 unspecified atom stereocenters. The molecule has 3 saturated heterocycles. The molecule has 12 heteroatoms. The van der Waals surface area contributed by atoms with Gasteiger partial charge in [-0.05, 0) is 122 Å². The van der Waals surface area contributed by atoms with Gasteiger partial charge < -0.3 is 24.8 Å². The fourth-order valence-corrected chi connectivity index (χ4v) is 9.13. The first kappa shape index (κ1) is 36.6. The van der Waals surface area contributed by atoms with Gasteiger partial charge in [0.15, 0.2) is 0 Å². The highest BCUT2D eigenvalue weighted by Gasteiger charge is 2.37. The number of likely N-dealkylation sites (tertiary alicyclic amines) is 3. The third kappa shape index (κ3) is 8.65. The van der Waals surface area contributed by atoms with E-state index in [1.54, 1.807) is 0 Å². The number of piperidine rings is 3. The second-order valence-corrected chi connectivity index (χ2v) is 15.7. The minimum Gasteiger partial charge on any atom is -0.468 e. The molecule has 0 radical (unpaired) electrons. The number of urea groups is 1. The molecular formula is C38H49BrClN5O5. The Morgan fingerprint density at radius 2 is 1.58 bits per heavy atom. The number of carbonyl (C=O) groups excluding carboxylic acids is 4. The van der Waals surface area contributed by atoms with E-state index in [9.17, 15) is 19.2 Å². The van der Waals surface area contributed by atoms with Crippen molar-refractivity contribution in [2.24, 2.45) is 17.8 Å². The number of amides is 4. The van der Waals surface area contributed by atoms with Crippen molar-refractivity contribution in [2.75, 3.05) is 58.2 Å². The highest BCUT2D eigenvalue weighted by molar-refractivity contribution is 9.10. The van der Waals surface area contributed by atoms with E-state index in [0.29, 0.717) is 75.4 Å². The number of anilines is 1. The molecule has 0 saturated carbocycles. The summed E-state index contributed by atoms with van der Waals surface area (Å²) in [7, 11) is 1.43. The predicted octanol–water partition coefficient (Wildman–Crippen LogP) is 6.12. The SMILES string of the molecule is COC(=O)CN1CCC(C2CCN(C(=O)C(CC(=O)N3CCC(N4Cc5ccccc5NC4=O)CC3)Cc3cc(C)c(Cl)c(Br)c3)CC2)CC1. The third-order valence-electron chi connectivity index (χ3n) is 11.4. The van der Waals surface area contributed by atoms with E-state index in [-0.39, 0.29) is 36.3 Å². The quantitative estimate of drug-likeness (QED) is 0.309. The first-order chi connectivity index (χ1) is 24.1. The topological polar surface area (TPSA) is 102 Å². The molecule has 270 valence electrons. The first-order valence-electron chi connectivity index (χ1n) is 18.0. The lowest BCUT2D eigenvalue weighted by atomic mass is 9.78. The van der Waals surface area contributed by atoms with E-state index < -0.39 is 5.92 Å². The second-order valence-electron chi connectivity index (χ2n) is 14.5. The lowest BCUT2D eigenvalue weighted by Gasteiger charge is -2.41. The number of fused-ring (bicyclic) bond motifs is 1. The number of nitrogens with zero attached hydrogens (tertiary/aromatic N) is 4. The highest BCUT2D eigenvalue weighted by atomic mass is 79.9. The monoisotopic (exact) mass is 769 g/mol. The fourth-order valence-electron chi connectivity index (χ4n) is 8.41. The van der Waals surface area contributed by atoms with Gasteiger partial charge in [-0.15, -0.1) is 0 Å². The van der Waals surface area contributed by atoms with E-state index in [1.807, 2.05) is 58.0 Å². The summed E-state index contributed by atoms with van der Waals surface area (Å²) < 4.78 is 5.63. The maximum atomic E-state index is 14.2. The van der Waals surface area contributed by atoms with Crippen molar-refractivity contribution in [2.45, 2.75) is 70.9 Å². The van der Waals surface area contributed by atoms with Crippen molar-refractivity contribution in [3.63, 3.8) is 0 Å². The molecule has 3 fully saturated rings. The van der Waals surface area contributed by atoms with Crippen LogP contribution in [0.15, 0.2) is 40.9 Å². The minimum atomic E-state index is -0.477. The number of methoxy groups -OCH3 is 1. The standard InChI is InChI=1S/C38H49BrClN5O5/c1-25-19-26(21-32(39)36(25)40)20-30(37(48)44-15-9-28(10-16-44)27-7-13-42(14-8-27)24-35(47)50-2)22-34(46)43-17-11-31(12-18-43)45-23-29-5-3-4-6-33(29)41-38(45)49/h3-6,19,21,27-28,30-31H,7-18,20,22-24H2,1-2H3,(H,41,49). The zero-order valence-corrected chi connectivity index (χ0v) is 31.5. The van der Waals surface area contributed by atoms with Crippen LogP contribution in [0.1, 0.15) is 61.6 Å². The molecule has 0 spiro atoms. The van der Waals surface area contributed by atoms with Crippen molar-refractivity contribution in [3.8, 4) is 0 Å². The maximum absolute atomic E-state index is 14.2. The fraction of sp³-hybridized carbons (Fsp3) is 0.579. The Morgan fingerprint density at radius 1 is 0.940 bits per heavy atom. The van der Waals surface area contributed by atoms with E-state index in [2.05, 4.69) is 26.1 Å². The summed E-state index contributed by atoms with van der Waals surface area (Å²) in [4.78, 5) is 60.6. The molecule has 6 rings (SSSR count). The van der Waals surface area contributed by atoms with Gasteiger partial charge >= 0.3 is 12.0 Å². The normalized spacial score (nSPS) is 20.3. The highest BCUT2D eigenvalue weighted by Crippen LogP contribution is 2.35. The lowest BCUT2D eigenvalue weighted by molar-refractivity contribution is -0.143. The Labute approximate surface area is 308 Å². The zero-order chi connectivity index (χ0) is 35.4. The molecule has 0 bridgehead atoms. The number of nitrogens with one attached hydrogen (secondary N) is 1. The molecule has 4 aliphatic heterocycles. The average Bonchev–Trinajstić information content (AvgIpc) is 3.13. The number of carbonyl (C=O) groups is 4. The summed E-state index contributed by atoms with van der Waals surface area (Å²) in [6.07, 6.45) is 6.07. The van der Waals surface area contributed by atoms with Gasteiger partial charge in [-0.25, -0.2) is 4.79 Å². The van der Waals surface area contributed by atoms with Crippen LogP contribution in [0.4, 0.5) is 10.5 Å². The van der Waals surface area contributed by atoms with Crippen LogP contribution in [0, 0.1) is 24.7 Å². The largest absolute Gasteiger partial charge is 0.468 e. The van der Waals surface area contributed by atoms with Crippen LogP contribution in [0.3, 0.4) is 0 Å². The molecule has 4 heterocycles. The van der Waals surface area contributed by atoms with Gasteiger partial charge in [-0.1, -0.05) is 35.9 Å². The number of esters is 1. The van der Waals surface area contributed by atoms with Crippen molar-refractivity contribution in [3.05, 3.63) is 62.6 Å². The first-order valence-corrected chi connectivity index (χ1v) is 19.2. The van der Waals surface area contributed by atoms with Gasteiger partial charge in [0, 0.05) is 55.3 Å². The van der Waals surface area contributed by atoms with Crippen molar-refractivity contribution < 1.29 is 23.9 Å². The molecular weight excluding hydrogens is 722 g/mol. The Balaban J connectivity index is 1.06. The molecule has 0 aliphatic carbocycles. The average molecular weight is 771 g/mol. The maximum Gasteiger partial charge on any atom is 0.322 e. The van der Waals surface area contributed by atoms with Crippen molar-refractivity contribution >= 4 is 57.0 Å². The summed E-state index contributed by atoms with van der Waals surface area (Å²) in [6.45, 7) is 7.19. The van der Waals surface area contributed by atoms with E-state index in [1.165, 1.54) is 7.11 Å². The van der Waals surface area contributed by atoms with Gasteiger partial charge in [0.2, 0.25) is 11.8 Å². The van der Waals surface area contributed by atoms with Crippen LogP contribution in [0.25, 0.3) is 0 Å². The second kappa shape index (κ2) is 16.5. The molecule has 0 aromatic heterocycles. The van der Waals surface area contributed by atoms with Crippen LogP contribution in [0.2, 0.25) is 5.02 Å². The molecule has 2 aromatic rings. The molecule has 50 heavy (non-hydrogen) atoms. The van der Waals surface area contributed by atoms with Crippen LogP contribution >= 0.6 is 27.5 Å². The Morgan fingerprint density at radius 3 is 2.24 bits per heavy atom. The number of ether oxygens (including phenoxy) is 1. The van der Waals surface area contributed by atoms with Crippen molar-refractivity contribution in [1.29, 1.82) is 0 Å². The molecule has 2 aromatic carbocycles. The van der Waals surface area contributed by atoms with Crippen LogP contribution in [-0.4, -0.2) is 102 Å². The number of hydrogen-bond acceptors (Lipinski definition) is 6.